The van der Waals surface area contributed by atoms with E-state index in [1.54, 1.807) is 18.5 Å². The third kappa shape index (κ3) is 3.23. The predicted octanol–water partition coefficient (Wildman–Crippen LogP) is 1.69. The Morgan fingerprint density at radius 2 is 2.30 bits per heavy atom. The molecule has 0 saturated carbocycles. The van der Waals surface area contributed by atoms with Gasteiger partial charge in [0.2, 0.25) is 11.2 Å². The van der Waals surface area contributed by atoms with Crippen molar-refractivity contribution in [1.82, 2.24) is 24.7 Å². The van der Waals surface area contributed by atoms with Gasteiger partial charge in [-0.25, -0.2) is 4.68 Å². The molecule has 0 amide bonds. The van der Waals surface area contributed by atoms with Gasteiger partial charge in [-0.15, -0.1) is 0 Å². The van der Waals surface area contributed by atoms with Gasteiger partial charge >= 0.3 is 0 Å². The van der Waals surface area contributed by atoms with Crippen LogP contribution in [0.25, 0.3) is 5.95 Å². The zero-order valence-electron chi connectivity index (χ0n) is 10.9. The molecule has 1 unspecified atom stereocenters. The summed E-state index contributed by atoms with van der Waals surface area (Å²) in [7, 11) is 0. The van der Waals surface area contributed by atoms with Crippen molar-refractivity contribution in [2.45, 2.75) is 25.4 Å². The molecule has 0 spiro atoms. The second-order valence-corrected chi connectivity index (χ2v) is 4.89. The minimum atomic E-state index is 0.137. The minimum absolute atomic E-state index is 0.137. The largest absolute Gasteiger partial charge is 0.376 e. The summed E-state index contributed by atoms with van der Waals surface area (Å²) < 4.78 is 7.19. The van der Waals surface area contributed by atoms with E-state index in [-0.39, 0.29) is 11.4 Å². The molecule has 0 aliphatic carbocycles. The lowest BCUT2D eigenvalue weighted by Crippen LogP contribution is -2.27. The average molecular weight is 295 g/mol. The topological polar surface area (TPSA) is 77.8 Å². The molecule has 0 bridgehead atoms. The Kier molecular flexibility index (Phi) is 4.08. The second-order valence-electron chi connectivity index (χ2n) is 4.55. The van der Waals surface area contributed by atoms with E-state index >= 15 is 0 Å². The van der Waals surface area contributed by atoms with Crippen molar-refractivity contribution < 1.29 is 4.74 Å². The van der Waals surface area contributed by atoms with Gasteiger partial charge in [-0.3, -0.25) is 0 Å². The van der Waals surface area contributed by atoms with Crippen LogP contribution in [0, 0.1) is 0 Å². The lowest BCUT2D eigenvalue weighted by molar-refractivity contribution is 0.0246. The summed E-state index contributed by atoms with van der Waals surface area (Å²) >= 11 is 5.91. The van der Waals surface area contributed by atoms with Crippen LogP contribution >= 0.6 is 11.6 Å². The fourth-order valence-corrected chi connectivity index (χ4v) is 2.24. The third-order valence-corrected chi connectivity index (χ3v) is 3.24. The summed E-state index contributed by atoms with van der Waals surface area (Å²) in [6.07, 6.45) is 6.99. The van der Waals surface area contributed by atoms with Gasteiger partial charge in [-0.2, -0.15) is 20.1 Å². The van der Waals surface area contributed by atoms with Gasteiger partial charge in [0.15, 0.2) is 0 Å². The van der Waals surface area contributed by atoms with Crippen LogP contribution in [0.4, 0.5) is 5.95 Å². The maximum Gasteiger partial charge on any atom is 0.256 e. The first-order chi connectivity index (χ1) is 9.81. The van der Waals surface area contributed by atoms with Crippen molar-refractivity contribution in [2.24, 2.45) is 0 Å². The zero-order valence-corrected chi connectivity index (χ0v) is 11.6. The Bertz CT molecular complexity index is 555. The fourth-order valence-electron chi connectivity index (χ4n) is 2.08. The monoisotopic (exact) mass is 294 g/mol. The first kappa shape index (κ1) is 13.3. The molecule has 2 aromatic heterocycles. The maximum absolute atomic E-state index is 5.91. The van der Waals surface area contributed by atoms with Crippen molar-refractivity contribution in [3.05, 3.63) is 23.7 Å². The number of rotatable bonds is 4. The van der Waals surface area contributed by atoms with Crippen LogP contribution in [-0.2, 0) is 4.74 Å². The number of hydrogen-bond donors (Lipinski definition) is 1. The quantitative estimate of drug-likeness (QED) is 0.924. The van der Waals surface area contributed by atoms with Crippen LogP contribution in [0.1, 0.15) is 19.3 Å². The molecule has 3 rings (SSSR count). The van der Waals surface area contributed by atoms with E-state index in [1.165, 1.54) is 11.1 Å². The van der Waals surface area contributed by atoms with E-state index in [9.17, 15) is 0 Å². The number of hydrogen-bond acceptors (Lipinski definition) is 6. The average Bonchev–Trinajstić information content (AvgIpc) is 3.00. The number of anilines is 1. The predicted molar refractivity (Wildman–Crippen MR) is 74.0 cm³/mol. The minimum Gasteiger partial charge on any atom is -0.376 e. The van der Waals surface area contributed by atoms with Gasteiger partial charge in [0.25, 0.3) is 5.95 Å². The normalized spacial score (nSPS) is 18.9. The smallest absolute Gasteiger partial charge is 0.256 e. The van der Waals surface area contributed by atoms with Crippen LogP contribution in [0.5, 0.6) is 0 Å². The van der Waals surface area contributed by atoms with Crippen LogP contribution < -0.4 is 5.32 Å². The first-order valence-corrected chi connectivity index (χ1v) is 6.96. The van der Waals surface area contributed by atoms with Crippen LogP contribution in [0.3, 0.4) is 0 Å². The molecule has 1 saturated heterocycles. The van der Waals surface area contributed by atoms with Gasteiger partial charge in [0.05, 0.1) is 6.10 Å². The van der Waals surface area contributed by atoms with Crippen molar-refractivity contribution in [2.75, 3.05) is 18.5 Å². The maximum atomic E-state index is 5.91. The van der Waals surface area contributed by atoms with E-state index in [2.05, 4.69) is 25.4 Å². The highest BCUT2D eigenvalue weighted by Crippen LogP contribution is 2.14. The molecule has 1 aliphatic heterocycles. The Labute approximate surface area is 121 Å². The van der Waals surface area contributed by atoms with Gasteiger partial charge < -0.3 is 10.1 Å². The van der Waals surface area contributed by atoms with E-state index in [0.717, 1.165) is 19.4 Å². The summed E-state index contributed by atoms with van der Waals surface area (Å²) in [5.41, 5.74) is 0. The zero-order chi connectivity index (χ0) is 13.8. The lowest BCUT2D eigenvalue weighted by atomic mass is 10.1. The van der Waals surface area contributed by atoms with Crippen molar-refractivity contribution >= 4 is 17.5 Å². The first-order valence-electron chi connectivity index (χ1n) is 6.58. The summed E-state index contributed by atoms with van der Waals surface area (Å²) in [6.45, 7) is 1.49. The molecule has 20 heavy (non-hydrogen) atoms. The van der Waals surface area contributed by atoms with E-state index < -0.39 is 0 Å². The van der Waals surface area contributed by atoms with Gasteiger partial charge in [0, 0.05) is 25.5 Å². The molecule has 1 aliphatic rings. The van der Waals surface area contributed by atoms with Crippen molar-refractivity contribution in [3.63, 3.8) is 0 Å². The van der Waals surface area contributed by atoms with E-state index in [0.29, 0.717) is 18.4 Å². The van der Waals surface area contributed by atoms with E-state index in [4.69, 9.17) is 16.3 Å². The molecule has 106 valence electrons. The van der Waals surface area contributed by atoms with E-state index in [1.807, 2.05) is 0 Å². The molecule has 0 radical (unpaired) electrons. The highest BCUT2D eigenvalue weighted by molar-refractivity contribution is 6.28. The van der Waals surface area contributed by atoms with Gasteiger partial charge in [-0.1, -0.05) is 0 Å². The molecule has 0 aromatic carbocycles. The van der Waals surface area contributed by atoms with Crippen molar-refractivity contribution in [3.8, 4) is 5.95 Å². The highest BCUT2D eigenvalue weighted by Gasteiger charge is 2.14. The number of ether oxygens (including phenoxy) is 1. The number of nitrogens with zero attached hydrogens (tertiary/aromatic N) is 5. The molecule has 2 aromatic rings. The second kappa shape index (κ2) is 6.15. The molecule has 1 atom stereocenters. The Balaban J connectivity index is 1.69. The van der Waals surface area contributed by atoms with Gasteiger partial charge in [-0.05, 0) is 36.9 Å². The summed E-state index contributed by atoms with van der Waals surface area (Å²) in [4.78, 5) is 12.4. The molecule has 3 heterocycles. The van der Waals surface area contributed by atoms with Crippen LogP contribution in [0.15, 0.2) is 18.5 Å². The number of aromatic nitrogens is 5. The lowest BCUT2D eigenvalue weighted by Gasteiger charge is -2.22. The summed E-state index contributed by atoms with van der Waals surface area (Å²) in [6, 6.07) is 1.79. The van der Waals surface area contributed by atoms with Gasteiger partial charge in [0.1, 0.15) is 0 Å². The summed E-state index contributed by atoms with van der Waals surface area (Å²) in [5, 5.41) is 7.35. The SMILES string of the molecule is Clc1nc(NCC2CCCCO2)nc(-n2cccn2)n1. The Hall–Kier alpha value is -1.73. The molecule has 8 heteroatoms. The molecule has 1 fully saturated rings. The Morgan fingerprint density at radius 1 is 1.35 bits per heavy atom. The Morgan fingerprint density at radius 3 is 3.05 bits per heavy atom. The number of halogens is 1. The van der Waals surface area contributed by atoms with Crippen LogP contribution in [-0.4, -0.2) is 44.0 Å². The molecule has 7 nitrogen and oxygen atoms in total. The van der Waals surface area contributed by atoms with Crippen LogP contribution in [0.2, 0.25) is 5.28 Å². The standard InChI is InChI=1S/C12H15ClN6O/c13-10-16-11(14-8-9-4-1-2-7-20-9)18-12(17-10)19-6-3-5-15-19/h3,5-6,9H,1-2,4,7-8H2,(H,14,16,17,18). The molecular formula is C12H15ClN6O. The third-order valence-electron chi connectivity index (χ3n) is 3.07. The molecular weight excluding hydrogens is 280 g/mol. The molecule has 1 N–H and O–H groups in total. The fraction of sp³-hybridized carbons (Fsp3) is 0.500. The highest BCUT2D eigenvalue weighted by atomic mass is 35.5. The number of nitrogens with one attached hydrogen (secondary N) is 1. The summed E-state index contributed by atoms with van der Waals surface area (Å²) in [5.74, 6) is 0.826. The van der Waals surface area contributed by atoms with Crippen molar-refractivity contribution in [1.29, 1.82) is 0 Å².